The summed E-state index contributed by atoms with van der Waals surface area (Å²) in [5.74, 6) is 0.871. The van der Waals surface area contributed by atoms with E-state index in [-0.39, 0.29) is 17.2 Å². The van der Waals surface area contributed by atoms with Crippen molar-refractivity contribution in [1.29, 1.82) is 0 Å². The van der Waals surface area contributed by atoms with E-state index in [9.17, 15) is 13.2 Å². The number of hydrogen-bond donors (Lipinski definition) is 0. The van der Waals surface area contributed by atoms with Gasteiger partial charge in [0, 0.05) is 19.0 Å². The molecule has 26 heavy (non-hydrogen) atoms. The number of benzene rings is 2. The molecule has 0 unspecified atom stereocenters. The minimum absolute atomic E-state index is 0.126. The van der Waals surface area contributed by atoms with Crippen LogP contribution in [0.2, 0.25) is 5.02 Å². The van der Waals surface area contributed by atoms with Gasteiger partial charge in [-0.3, -0.25) is 4.79 Å². The Hall–Kier alpha value is -2.25. The van der Waals surface area contributed by atoms with Crippen LogP contribution in [0.4, 0.5) is 5.69 Å². The van der Waals surface area contributed by atoms with Crippen LogP contribution in [-0.2, 0) is 21.1 Å². The van der Waals surface area contributed by atoms with Crippen LogP contribution in [0.1, 0.15) is 5.56 Å². The molecular formula is C18H18ClNO5S. The van der Waals surface area contributed by atoms with Crippen LogP contribution in [0.25, 0.3) is 0 Å². The lowest BCUT2D eigenvalue weighted by molar-refractivity contribution is -0.117. The van der Waals surface area contributed by atoms with E-state index in [1.54, 1.807) is 31.3 Å². The zero-order valence-electron chi connectivity index (χ0n) is 14.4. The van der Waals surface area contributed by atoms with E-state index in [0.717, 1.165) is 6.26 Å². The zero-order chi connectivity index (χ0) is 18.9. The van der Waals surface area contributed by atoms with E-state index >= 15 is 0 Å². The third-order valence-corrected chi connectivity index (χ3v) is 5.45. The predicted molar refractivity (Wildman–Crippen MR) is 99.1 cm³/mol. The number of rotatable bonds is 4. The molecule has 0 atom stereocenters. The molecule has 2 aromatic rings. The highest BCUT2D eigenvalue weighted by Gasteiger charge is 2.19. The highest BCUT2D eigenvalue weighted by molar-refractivity contribution is 7.90. The van der Waals surface area contributed by atoms with Gasteiger partial charge in [0.15, 0.2) is 21.3 Å². The maximum Gasteiger partial charge on any atom is 0.231 e. The second kappa shape index (κ2) is 7.17. The lowest BCUT2D eigenvalue weighted by Crippen LogP contribution is -2.28. The Morgan fingerprint density at radius 1 is 1.15 bits per heavy atom. The molecule has 0 fully saturated rings. The predicted octanol–water partition coefficient (Wildman–Crippen LogP) is 2.72. The summed E-state index contributed by atoms with van der Waals surface area (Å²) in [7, 11) is -1.64. The minimum atomic E-state index is -3.27. The number of fused-ring (bicyclic) bond motifs is 1. The Morgan fingerprint density at radius 3 is 2.46 bits per heavy atom. The van der Waals surface area contributed by atoms with E-state index in [4.69, 9.17) is 21.1 Å². The summed E-state index contributed by atoms with van der Waals surface area (Å²) < 4.78 is 34.0. The summed E-state index contributed by atoms with van der Waals surface area (Å²) in [5.41, 5.74) is 1.31. The number of carbonyl (C=O) groups excluding carboxylic acids is 1. The summed E-state index contributed by atoms with van der Waals surface area (Å²) in [5, 5.41) is 0.408. The smallest absolute Gasteiger partial charge is 0.231 e. The molecule has 1 aliphatic heterocycles. The quantitative estimate of drug-likeness (QED) is 0.795. The number of nitrogens with zero attached hydrogens (tertiary/aromatic N) is 1. The van der Waals surface area contributed by atoms with E-state index in [2.05, 4.69) is 0 Å². The second-order valence-corrected chi connectivity index (χ2v) is 8.42. The number of hydrogen-bond acceptors (Lipinski definition) is 5. The molecule has 3 rings (SSSR count). The topological polar surface area (TPSA) is 72.9 Å². The zero-order valence-corrected chi connectivity index (χ0v) is 15.9. The summed E-state index contributed by atoms with van der Waals surface area (Å²) >= 11 is 6.20. The average Bonchev–Trinajstić information content (AvgIpc) is 2.60. The van der Waals surface area contributed by atoms with Crippen molar-refractivity contribution >= 4 is 33.0 Å². The molecule has 0 saturated carbocycles. The number of amides is 1. The Morgan fingerprint density at radius 2 is 1.81 bits per heavy atom. The fraction of sp³-hybridized carbons (Fsp3) is 0.278. The SMILES string of the molecule is CN(C(=O)Cc1cc(Cl)c2c(c1)OCCO2)c1ccc(S(C)(=O)=O)cc1. The van der Waals surface area contributed by atoms with Crippen molar-refractivity contribution in [3.8, 4) is 11.5 Å². The number of sulfone groups is 1. The Kier molecular flexibility index (Phi) is 5.11. The largest absolute Gasteiger partial charge is 0.486 e. The van der Waals surface area contributed by atoms with Crippen molar-refractivity contribution in [2.24, 2.45) is 0 Å². The van der Waals surface area contributed by atoms with Gasteiger partial charge in [-0.25, -0.2) is 8.42 Å². The first kappa shape index (κ1) is 18.5. The molecule has 0 aromatic heterocycles. The lowest BCUT2D eigenvalue weighted by atomic mass is 10.1. The molecule has 0 N–H and O–H groups in total. The van der Waals surface area contributed by atoms with Gasteiger partial charge in [-0.15, -0.1) is 0 Å². The Labute approximate surface area is 157 Å². The summed E-state index contributed by atoms with van der Waals surface area (Å²) in [6, 6.07) is 9.60. The number of halogens is 1. The van der Waals surface area contributed by atoms with Crippen LogP contribution < -0.4 is 14.4 Å². The lowest BCUT2D eigenvalue weighted by Gasteiger charge is -2.21. The maximum absolute atomic E-state index is 12.6. The summed E-state index contributed by atoms with van der Waals surface area (Å²) in [6.45, 7) is 0.879. The summed E-state index contributed by atoms with van der Waals surface area (Å²) in [6.07, 6.45) is 1.27. The molecule has 0 radical (unpaired) electrons. The fourth-order valence-corrected chi connectivity index (χ4v) is 3.54. The van der Waals surface area contributed by atoms with Crippen molar-refractivity contribution in [2.45, 2.75) is 11.3 Å². The van der Waals surface area contributed by atoms with Gasteiger partial charge in [0.25, 0.3) is 0 Å². The van der Waals surface area contributed by atoms with Crippen molar-refractivity contribution in [3.63, 3.8) is 0 Å². The number of likely N-dealkylation sites (N-methyl/N-ethyl adjacent to an activating group) is 1. The van der Waals surface area contributed by atoms with Gasteiger partial charge < -0.3 is 14.4 Å². The second-order valence-electron chi connectivity index (χ2n) is 6.00. The van der Waals surface area contributed by atoms with Gasteiger partial charge in [0.1, 0.15) is 13.2 Å². The van der Waals surface area contributed by atoms with Gasteiger partial charge in [-0.05, 0) is 42.0 Å². The molecular weight excluding hydrogens is 378 g/mol. The molecule has 1 heterocycles. The Balaban J connectivity index is 1.76. The van der Waals surface area contributed by atoms with Crippen LogP contribution in [0.3, 0.4) is 0 Å². The highest BCUT2D eigenvalue weighted by Crippen LogP contribution is 2.38. The molecule has 1 aliphatic rings. The van der Waals surface area contributed by atoms with E-state index in [0.29, 0.717) is 41.0 Å². The van der Waals surface area contributed by atoms with Crippen molar-refractivity contribution in [3.05, 3.63) is 47.0 Å². The molecule has 1 amide bonds. The number of carbonyl (C=O) groups is 1. The van der Waals surface area contributed by atoms with Crippen molar-refractivity contribution in [2.75, 3.05) is 31.4 Å². The molecule has 2 aromatic carbocycles. The van der Waals surface area contributed by atoms with E-state index < -0.39 is 9.84 Å². The normalized spacial score (nSPS) is 13.3. The van der Waals surface area contributed by atoms with Crippen LogP contribution >= 0.6 is 11.6 Å². The first-order chi connectivity index (χ1) is 12.3. The van der Waals surface area contributed by atoms with Crippen LogP contribution in [-0.4, -0.2) is 40.8 Å². The monoisotopic (exact) mass is 395 g/mol. The molecule has 138 valence electrons. The van der Waals surface area contributed by atoms with Gasteiger partial charge in [-0.2, -0.15) is 0 Å². The standard InChI is InChI=1S/C18H18ClNO5S/c1-20(13-3-5-14(6-4-13)26(2,22)23)17(21)11-12-9-15(19)18-16(10-12)24-7-8-25-18/h3-6,9-10H,7-8,11H2,1-2H3. The van der Waals surface area contributed by atoms with Gasteiger partial charge in [0.2, 0.25) is 5.91 Å². The third-order valence-electron chi connectivity index (χ3n) is 4.04. The Bertz CT molecular complexity index is 941. The van der Waals surface area contributed by atoms with E-state index in [1.807, 2.05) is 0 Å². The fourth-order valence-electron chi connectivity index (χ4n) is 2.62. The first-order valence-corrected chi connectivity index (χ1v) is 10.2. The summed E-state index contributed by atoms with van der Waals surface area (Å²) in [4.78, 5) is 14.2. The average molecular weight is 396 g/mol. The van der Waals surface area contributed by atoms with Gasteiger partial charge in [0.05, 0.1) is 16.3 Å². The van der Waals surface area contributed by atoms with Crippen LogP contribution in [0, 0.1) is 0 Å². The molecule has 0 aliphatic carbocycles. The first-order valence-electron chi connectivity index (χ1n) is 7.90. The molecule has 0 bridgehead atoms. The molecule has 8 heteroatoms. The minimum Gasteiger partial charge on any atom is -0.486 e. The van der Waals surface area contributed by atoms with Crippen LogP contribution in [0.5, 0.6) is 11.5 Å². The number of anilines is 1. The molecule has 0 saturated heterocycles. The number of ether oxygens (including phenoxy) is 2. The molecule has 6 nitrogen and oxygen atoms in total. The maximum atomic E-state index is 12.6. The van der Waals surface area contributed by atoms with Gasteiger partial charge >= 0.3 is 0 Å². The third kappa shape index (κ3) is 3.94. The van der Waals surface area contributed by atoms with E-state index in [1.165, 1.54) is 17.0 Å². The molecule has 0 spiro atoms. The van der Waals surface area contributed by atoms with Gasteiger partial charge in [-0.1, -0.05) is 11.6 Å². The van der Waals surface area contributed by atoms with Crippen molar-refractivity contribution < 1.29 is 22.7 Å². The highest BCUT2D eigenvalue weighted by atomic mass is 35.5. The van der Waals surface area contributed by atoms with Crippen LogP contribution in [0.15, 0.2) is 41.3 Å². The van der Waals surface area contributed by atoms with Crippen molar-refractivity contribution in [1.82, 2.24) is 0 Å².